The fourth-order valence-corrected chi connectivity index (χ4v) is 5.47. The van der Waals surface area contributed by atoms with Gasteiger partial charge in [0.15, 0.2) is 5.82 Å². The fraction of sp³-hybridized carbons (Fsp3) is 0.609. The largest absolute Gasteiger partial charge is 0.349 e. The van der Waals surface area contributed by atoms with E-state index < -0.39 is 0 Å². The van der Waals surface area contributed by atoms with Crippen LogP contribution in [0.15, 0.2) is 33.7 Å². The van der Waals surface area contributed by atoms with Crippen LogP contribution in [0.25, 0.3) is 0 Å². The second kappa shape index (κ2) is 10.4. The first kappa shape index (κ1) is 21.4. The van der Waals surface area contributed by atoms with Crippen molar-refractivity contribution in [3.63, 3.8) is 0 Å². The van der Waals surface area contributed by atoms with E-state index in [1.807, 2.05) is 24.3 Å². The zero-order valence-corrected chi connectivity index (χ0v) is 18.6. The molecule has 0 bridgehead atoms. The minimum Gasteiger partial charge on any atom is -0.349 e. The van der Waals surface area contributed by atoms with E-state index in [1.54, 1.807) is 18.7 Å². The fourth-order valence-electron chi connectivity index (χ4n) is 4.58. The van der Waals surface area contributed by atoms with E-state index in [2.05, 4.69) is 20.4 Å². The number of nitrogens with zero attached hydrogens (tertiary/aromatic N) is 3. The smallest absolute Gasteiger partial charge is 0.252 e. The predicted octanol–water partition coefficient (Wildman–Crippen LogP) is 4.44. The van der Waals surface area contributed by atoms with Crippen LogP contribution in [-0.2, 0) is 5.75 Å². The highest BCUT2D eigenvalue weighted by molar-refractivity contribution is 7.98. The molecule has 2 fully saturated rings. The number of nitrogens with one attached hydrogen (secondary N) is 1. The number of rotatable bonds is 7. The standard InChI is InChI=1S/C23H32N4O2S/c1-17-24-22(26-29-17)16-30-21-10-6-5-9-20(21)23(28)25-19-11-13-27(14-12-19)15-18-7-3-2-4-8-18/h5-6,9-10,18-19H,2-4,7-8,11-16H2,1H3,(H,25,28). The number of hydrogen-bond acceptors (Lipinski definition) is 6. The van der Waals surface area contributed by atoms with Gasteiger partial charge in [-0.1, -0.05) is 36.6 Å². The highest BCUT2D eigenvalue weighted by atomic mass is 32.2. The lowest BCUT2D eigenvalue weighted by Gasteiger charge is -2.35. The van der Waals surface area contributed by atoms with E-state index in [4.69, 9.17) is 4.52 Å². The number of benzene rings is 1. The van der Waals surface area contributed by atoms with Crippen molar-refractivity contribution in [1.29, 1.82) is 0 Å². The Morgan fingerprint density at radius 1 is 1.17 bits per heavy atom. The molecule has 0 spiro atoms. The second-order valence-electron chi connectivity index (χ2n) is 8.57. The van der Waals surface area contributed by atoms with Crippen molar-refractivity contribution >= 4 is 17.7 Å². The lowest BCUT2D eigenvalue weighted by Crippen LogP contribution is -2.46. The summed E-state index contributed by atoms with van der Waals surface area (Å²) in [6.07, 6.45) is 9.09. The molecule has 1 aromatic heterocycles. The molecule has 1 saturated carbocycles. The summed E-state index contributed by atoms with van der Waals surface area (Å²) in [5.74, 6) is 2.70. The molecule has 1 aromatic carbocycles. The van der Waals surface area contributed by atoms with Crippen molar-refractivity contribution in [2.24, 2.45) is 5.92 Å². The molecule has 1 saturated heterocycles. The monoisotopic (exact) mass is 428 g/mol. The molecule has 7 heteroatoms. The minimum absolute atomic E-state index is 0.0214. The molecule has 1 N–H and O–H groups in total. The van der Waals surface area contributed by atoms with Crippen LogP contribution in [0.2, 0.25) is 0 Å². The van der Waals surface area contributed by atoms with Crippen LogP contribution < -0.4 is 5.32 Å². The van der Waals surface area contributed by atoms with Crippen molar-refractivity contribution in [3.05, 3.63) is 41.5 Å². The Kier molecular flexibility index (Phi) is 7.44. The van der Waals surface area contributed by atoms with Gasteiger partial charge in [0.1, 0.15) is 0 Å². The molecular weight excluding hydrogens is 396 g/mol. The van der Waals surface area contributed by atoms with E-state index in [-0.39, 0.29) is 11.9 Å². The highest BCUT2D eigenvalue weighted by Gasteiger charge is 2.24. The zero-order chi connectivity index (χ0) is 20.8. The van der Waals surface area contributed by atoms with Gasteiger partial charge in [-0.3, -0.25) is 4.79 Å². The van der Waals surface area contributed by atoms with Gasteiger partial charge in [-0.2, -0.15) is 4.98 Å². The third kappa shape index (κ3) is 5.85. The van der Waals surface area contributed by atoms with Crippen LogP contribution in [-0.4, -0.2) is 46.6 Å². The van der Waals surface area contributed by atoms with Gasteiger partial charge >= 0.3 is 0 Å². The summed E-state index contributed by atoms with van der Waals surface area (Å²) in [6.45, 7) is 5.21. The van der Waals surface area contributed by atoms with Crippen LogP contribution in [0.4, 0.5) is 0 Å². The lowest BCUT2D eigenvalue weighted by molar-refractivity contribution is 0.0898. The average Bonchev–Trinajstić information content (AvgIpc) is 3.20. The number of likely N-dealkylation sites (tertiary alicyclic amines) is 1. The molecule has 6 nitrogen and oxygen atoms in total. The van der Waals surface area contributed by atoms with E-state index in [0.717, 1.165) is 42.3 Å². The van der Waals surface area contributed by atoms with E-state index >= 15 is 0 Å². The van der Waals surface area contributed by atoms with Crippen LogP contribution in [0.5, 0.6) is 0 Å². The van der Waals surface area contributed by atoms with Crippen molar-refractivity contribution in [2.75, 3.05) is 19.6 Å². The van der Waals surface area contributed by atoms with Crippen molar-refractivity contribution < 1.29 is 9.32 Å². The number of carbonyl (C=O) groups is 1. The van der Waals surface area contributed by atoms with Gasteiger partial charge < -0.3 is 14.7 Å². The third-order valence-electron chi connectivity index (χ3n) is 6.22. The summed E-state index contributed by atoms with van der Waals surface area (Å²) >= 11 is 1.57. The Morgan fingerprint density at radius 3 is 2.67 bits per heavy atom. The third-order valence-corrected chi connectivity index (χ3v) is 7.29. The summed E-state index contributed by atoms with van der Waals surface area (Å²) < 4.78 is 5.03. The number of thioether (sulfide) groups is 1. The van der Waals surface area contributed by atoms with Gasteiger partial charge in [0.05, 0.1) is 11.3 Å². The number of aryl methyl sites for hydroxylation is 1. The van der Waals surface area contributed by atoms with E-state index in [9.17, 15) is 4.79 Å². The molecule has 2 aromatic rings. The van der Waals surface area contributed by atoms with Gasteiger partial charge in [-0.05, 0) is 43.7 Å². The van der Waals surface area contributed by atoms with Gasteiger partial charge in [0.2, 0.25) is 5.89 Å². The second-order valence-corrected chi connectivity index (χ2v) is 9.58. The first-order chi connectivity index (χ1) is 14.7. The molecule has 0 unspecified atom stereocenters. The topological polar surface area (TPSA) is 71.3 Å². The maximum absolute atomic E-state index is 13.0. The summed E-state index contributed by atoms with van der Waals surface area (Å²) in [7, 11) is 0. The molecular formula is C23H32N4O2S. The van der Waals surface area contributed by atoms with Gasteiger partial charge in [0, 0.05) is 37.5 Å². The molecule has 0 atom stereocenters. The summed E-state index contributed by atoms with van der Waals surface area (Å²) in [6, 6.07) is 8.03. The molecule has 0 radical (unpaired) electrons. The van der Waals surface area contributed by atoms with Gasteiger partial charge in [0.25, 0.3) is 5.91 Å². The predicted molar refractivity (Wildman–Crippen MR) is 119 cm³/mol. The lowest BCUT2D eigenvalue weighted by atomic mass is 9.88. The molecule has 4 rings (SSSR count). The molecule has 2 heterocycles. The Balaban J connectivity index is 1.27. The quantitative estimate of drug-likeness (QED) is 0.657. The molecule has 1 aliphatic carbocycles. The van der Waals surface area contributed by atoms with Gasteiger partial charge in [-0.25, -0.2) is 0 Å². The first-order valence-electron chi connectivity index (χ1n) is 11.2. The summed E-state index contributed by atoms with van der Waals surface area (Å²) in [5.41, 5.74) is 0.729. The molecule has 162 valence electrons. The van der Waals surface area contributed by atoms with E-state index in [1.165, 1.54) is 38.6 Å². The van der Waals surface area contributed by atoms with Crippen LogP contribution in [0, 0.1) is 12.8 Å². The first-order valence-corrected chi connectivity index (χ1v) is 12.2. The maximum Gasteiger partial charge on any atom is 0.252 e. The Labute approximate surface area is 183 Å². The minimum atomic E-state index is 0.0214. The normalized spacial score (nSPS) is 19.1. The van der Waals surface area contributed by atoms with Crippen LogP contribution in [0.1, 0.15) is 67.0 Å². The summed E-state index contributed by atoms with van der Waals surface area (Å²) in [4.78, 5) is 20.8. The number of aromatic nitrogens is 2. The van der Waals surface area contributed by atoms with Crippen LogP contribution >= 0.6 is 11.8 Å². The molecule has 2 aliphatic rings. The van der Waals surface area contributed by atoms with E-state index in [0.29, 0.717) is 17.5 Å². The summed E-state index contributed by atoms with van der Waals surface area (Å²) in [5, 5.41) is 7.21. The molecule has 1 aliphatic heterocycles. The zero-order valence-electron chi connectivity index (χ0n) is 17.8. The number of amides is 1. The average molecular weight is 429 g/mol. The molecule has 1 amide bonds. The number of piperidine rings is 1. The Morgan fingerprint density at radius 2 is 1.93 bits per heavy atom. The van der Waals surface area contributed by atoms with Crippen molar-refractivity contribution in [2.45, 2.75) is 68.6 Å². The highest BCUT2D eigenvalue weighted by Crippen LogP contribution is 2.27. The number of hydrogen-bond donors (Lipinski definition) is 1. The Hall–Kier alpha value is -1.86. The van der Waals surface area contributed by atoms with Crippen molar-refractivity contribution in [1.82, 2.24) is 20.4 Å². The number of carbonyl (C=O) groups excluding carboxylic acids is 1. The van der Waals surface area contributed by atoms with Crippen LogP contribution in [0.3, 0.4) is 0 Å². The SMILES string of the molecule is Cc1nc(CSc2ccccc2C(=O)NC2CCN(CC3CCCCC3)CC2)no1. The van der Waals surface area contributed by atoms with Crippen molar-refractivity contribution in [3.8, 4) is 0 Å². The Bertz CT molecular complexity index is 826. The molecule has 30 heavy (non-hydrogen) atoms. The maximum atomic E-state index is 13.0. The van der Waals surface area contributed by atoms with Gasteiger partial charge in [-0.15, -0.1) is 11.8 Å².